The van der Waals surface area contributed by atoms with Gasteiger partial charge in [0.2, 0.25) is 0 Å². The number of benzene rings is 1. The van der Waals surface area contributed by atoms with Crippen LogP contribution in [0.5, 0.6) is 0 Å². The average Bonchev–Trinajstić information content (AvgIpc) is 3.22. The number of hydrogen-bond acceptors (Lipinski definition) is 1. The van der Waals surface area contributed by atoms with E-state index >= 15 is 0 Å². The van der Waals surface area contributed by atoms with Crippen LogP contribution in [0.25, 0.3) is 0 Å². The second-order valence-electron chi connectivity index (χ2n) is 5.41. The molecule has 0 aromatic heterocycles. The van der Waals surface area contributed by atoms with E-state index in [0.29, 0.717) is 28.9 Å². The Morgan fingerprint density at radius 3 is 2.84 bits per heavy atom. The molecule has 102 valence electrons. The van der Waals surface area contributed by atoms with Crippen LogP contribution in [0.3, 0.4) is 0 Å². The van der Waals surface area contributed by atoms with Gasteiger partial charge in [-0.1, -0.05) is 29.3 Å². The first-order valence-corrected chi connectivity index (χ1v) is 7.40. The van der Waals surface area contributed by atoms with Crippen molar-refractivity contribution in [3.8, 4) is 0 Å². The van der Waals surface area contributed by atoms with E-state index in [1.54, 1.807) is 6.07 Å². The van der Waals surface area contributed by atoms with Gasteiger partial charge in [-0.3, -0.25) is 4.99 Å². The molecule has 3 rings (SSSR count). The maximum absolute atomic E-state index is 6.21. The van der Waals surface area contributed by atoms with Crippen LogP contribution in [0.1, 0.15) is 30.7 Å². The van der Waals surface area contributed by atoms with Crippen LogP contribution in [0.4, 0.5) is 0 Å². The molecule has 0 spiro atoms. The lowest BCUT2D eigenvalue weighted by atomic mass is 10.1. The number of halogens is 2. The highest BCUT2D eigenvalue weighted by molar-refractivity contribution is 6.35. The van der Waals surface area contributed by atoms with Gasteiger partial charge in [-0.05, 0) is 48.8 Å². The van der Waals surface area contributed by atoms with Gasteiger partial charge in [0.15, 0.2) is 5.96 Å². The van der Waals surface area contributed by atoms with Crippen LogP contribution < -0.4 is 11.1 Å². The molecule has 0 amide bonds. The predicted molar refractivity (Wildman–Crippen MR) is 80.0 cm³/mol. The molecule has 1 aromatic carbocycles. The fourth-order valence-electron chi connectivity index (χ4n) is 2.33. The minimum Gasteiger partial charge on any atom is -0.370 e. The Labute approximate surface area is 123 Å². The first kappa shape index (κ1) is 13.1. The molecule has 3 N–H and O–H groups in total. The smallest absolute Gasteiger partial charge is 0.188 e. The predicted octanol–water partition coefficient (Wildman–Crippen LogP) is 3.16. The SMILES string of the molecule is NC(=NCC1CC1c1ccc(Cl)cc1Cl)NC1CC1. The van der Waals surface area contributed by atoms with Crippen molar-refractivity contribution < 1.29 is 0 Å². The fraction of sp³-hybridized carbons (Fsp3) is 0.500. The molecular weight excluding hydrogens is 281 g/mol. The summed E-state index contributed by atoms with van der Waals surface area (Å²) in [5.74, 6) is 1.64. The van der Waals surface area contributed by atoms with Crippen molar-refractivity contribution in [1.82, 2.24) is 5.32 Å². The Bertz CT molecular complexity index is 511. The molecule has 2 fully saturated rings. The Balaban J connectivity index is 1.55. The number of nitrogens with one attached hydrogen (secondary N) is 1. The number of nitrogens with zero attached hydrogens (tertiary/aromatic N) is 1. The molecule has 0 aliphatic heterocycles. The van der Waals surface area contributed by atoms with E-state index in [1.165, 1.54) is 18.4 Å². The van der Waals surface area contributed by atoms with E-state index in [4.69, 9.17) is 28.9 Å². The average molecular weight is 298 g/mol. The zero-order valence-corrected chi connectivity index (χ0v) is 12.1. The maximum Gasteiger partial charge on any atom is 0.188 e. The van der Waals surface area contributed by atoms with Crippen molar-refractivity contribution in [1.29, 1.82) is 0 Å². The van der Waals surface area contributed by atoms with Crippen LogP contribution in [0.15, 0.2) is 23.2 Å². The van der Waals surface area contributed by atoms with E-state index in [2.05, 4.69) is 10.3 Å². The van der Waals surface area contributed by atoms with E-state index in [-0.39, 0.29) is 0 Å². The van der Waals surface area contributed by atoms with Crippen molar-refractivity contribution in [2.45, 2.75) is 31.2 Å². The molecule has 2 aliphatic rings. The van der Waals surface area contributed by atoms with Gasteiger partial charge in [-0.2, -0.15) is 0 Å². The molecule has 0 heterocycles. The topological polar surface area (TPSA) is 50.4 Å². The van der Waals surface area contributed by atoms with Crippen LogP contribution in [-0.2, 0) is 0 Å². The van der Waals surface area contributed by atoms with Crippen molar-refractivity contribution in [3.63, 3.8) is 0 Å². The van der Waals surface area contributed by atoms with Gasteiger partial charge in [0.05, 0.1) is 0 Å². The monoisotopic (exact) mass is 297 g/mol. The molecule has 0 radical (unpaired) electrons. The molecule has 0 saturated heterocycles. The Kier molecular flexibility index (Phi) is 3.59. The van der Waals surface area contributed by atoms with Crippen molar-refractivity contribution in [3.05, 3.63) is 33.8 Å². The Morgan fingerprint density at radius 1 is 1.37 bits per heavy atom. The number of guanidine groups is 1. The number of hydrogen-bond donors (Lipinski definition) is 2. The lowest BCUT2D eigenvalue weighted by molar-refractivity contribution is 0.793. The van der Waals surface area contributed by atoms with Gasteiger partial charge in [-0.25, -0.2) is 0 Å². The quantitative estimate of drug-likeness (QED) is 0.662. The third-order valence-electron chi connectivity index (χ3n) is 3.71. The molecule has 5 heteroatoms. The highest BCUT2D eigenvalue weighted by atomic mass is 35.5. The van der Waals surface area contributed by atoms with Gasteiger partial charge >= 0.3 is 0 Å². The fourth-order valence-corrected chi connectivity index (χ4v) is 2.88. The lowest BCUT2D eigenvalue weighted by Gasteiger charge is -2.04. The number of nitrogens with two attached hydrogens (primary N) is 1. The molecule has 0 bridgehead atoms. The zero-order chi connectivity index (χ0) is 13.4. The molecule has 1 aromatic rings. The van der Waals surface area contributed by atoms with Gasteiger partial charge in [0, 0.05) is 22.6 Å². The van der Waals surface area contributed by atoms with Crippen molar-refractivity contribution in [2.24, 2.45) is 16.6 Å². The maximum atomic E-state index is 6.21. The summed E-state index contributed by atoms with van der Waals surface area (Å²) in [6.07, 6.45) is 3.55. The van der Waals surface area contributed by atoms with Crippen molar-refractivity contribution in [2.75, 3.05) is 6.54 Å². The van der Waals surface area contributed by atoms with E-state index in [1.807, 2.05) is 12.1 Å². The highest BCUT2D eigenvalue weighted by Gasteiger charge is 2.39. The molecule has 2 unspecified atom stereocenters. The lowest BCUT2D eigenvalue weighted by Crippen LogP contribution is -2.33. The van der Waals surface area contributed by atoms with Gasteiger partial charge < -0.3 is 11.1 Å². The summed E-state index contributed by atoms with van der Waals surface area (Å²) < 4.78 is 0. The van der Waals surface area contributed by atoms with Crippen LogP contribution in [0.2, 0.25) is 10.0 Å². The van der Waals surface area contributed by atoms with E-state index in [0.717, 1.165) is 18.0 Å². The molecular formula is C14H17Cl2N3. The van der Waals surface area contributed by atoms with Crippen LogP contribution in [0, 0.1) is 5.92 Å². The summed E-state index contributed by atoms with van der Waals surface area (Å²) in [7, 11) is 0. The first-order chi connectivity index (χ1) is 9.13. The van der Waals surface area contributed by atoms with Gasteiger partial charge in [0.25, 0.3) is 0 Å². The number of aliphatic imine (C=N–C) groups is 1. The summed E-state index contributed by atoms with van der Waals surface area (Å²) >= 11 is 12.1. The normalized spacial score (nSPS) is 26.3. The summed E-state index contributed by atoms with van der Waals surface area (Å²) in [5, 5.41) is 4.63. The van der Waals surface area contributed by atoms with Crippen LogP contribution >= 0.6 is 23.2 Å². The molecule has 19 heavy (non-hydrogen) atoms. The highest BCUT2D eigenvalue weighted by Crippen LogP contribution is 2.49. The Morgan fingerprint density at radius 2 is 2.16 bits per heavy atom. The third-order valence-corrected chi connectivity index (χ3v) is 4.27. The van der Waals surface area contributed by atoms with E-state index < -0.39 is 0 Å². The van der Waals surface area contributed by atoms with E-state index in [9.17, 15) is 0 Å². The Hall–Kier alpha value is -0.930. The summed E-state index contributed by atoms with van der Waals surface area (Å²) in [5.41, 5.74) is 7.00. The van der Waals surface area contributed by atoms with Gasteiger partial charge in [0.1, 0.15) is 0 Å². The summed E-state index contributed by atoms with van der Waals surface area (Å²) in [4.78, 5) is 4.40. The van der Waals surface area contributed by atoms with Gasteiger partial charge in [-0.15, -0.1) is 0 Å². The molecule has 2 saturated carbocycles. The standard InChI is InChI=1S/C14H17Cl2N3/c15-9-1-4-11(13(16)6-9)12-5-8(12)7-18-14(17)19-10-2-3-10/h1,4,6,8,10,12H,2-3,5,7H2,(H3,17,18,19). The molecule has 3 nitrogen and oxygen atoms in total. The third kappa shape index (κ3) is 3.34. The minimum absolute atomic E-state index is 0.502. The zero-order valence-electron chi connectivity index (χ0n) is 10.6. The van der Waals surface area contributed by atoms with Crippen LogP contribution in [-0.4, -0.2) is 18.5 Å². The molecule has 2 aliphatic carbocycles. The second kappa shape index (κ2) is 5.22. The first-order valence-electron chi connectivity index (χ1n) is 6.65. The summed E-state index contributed by atoms with van der Waals surface area (Å²) in [6.45, 7) is 0.773. The molecule has 2 atom stereocenters. The largest absolute Gasteiger partial charge is 0.370 e. The minimum atomic E-state index is 0.502. The summed E-state index contributed by atoms with van der Waals surface area (Å²) in [6, 6.07) is 6.28. The number of rotatable bonds is 4. The second-order valence-corrected chi connectivity index (χ2v) is 6.26. The van der Waals surface area contributed by atoms with Crippen molar-refractivity contribution >= 4 is 29.2 Å².